The third-order valence-electron chi connectivity index (χ3n) is 4.17. The van der Waals surface area contributed by atoms with E-state index in [4.69, 9.17) is 21.1 Å². The highest BCUT2D eigenvalue weighted by atomic mass is 35.5. The number of aryl methyl sites for hydroxylation is 1. The van der Waals surface area contributed by atoms with Gasteiger partial charge in [-0.15, -0.1) is 0 Å². The Bertz CT molecular complexity index is 648. The van der Waals surface area contributed by atoms with Crippen molar-refractivity contribution in [3.63, 3.8) is 0 Å². The second kappa shape index (κ2) is 6.78. The molecule has 2 aromatic rings. The van der Waals surface area contributed by atoms with E-state index >= 15 is 0 Å². The Morgan fingerprint density at radius 3 is 2.77 bits per heavy atom. The van der Waals surface area contributed by atoms with Crippen LogP contribution in [0.15, 0.2) is 12.1 Å². The van der Waals surface area contributed by atoms with Crippen LogP contribution in [0, 0.1) is 0 Å². The molecule has 0 aliphatic heterocycles. The lowest BCUT2D eigenvalue weighted by molar-refractivity contribution is 0.138. The van der Waals surface area contributed by atoms with E-state index in [2.05, 4.69) is 11.9 Å². The van der Waals surface area contributed by atoms with E-state index < -0.39 is 0 Å². The van der Waals surface area contributed by atoms with Gasteiger partial charge in [-0.2, -0.15) is 4.98 Å². The monoisotopic (exact) mass is 322 g/mol. The van der Waals surface area contributed by atoms with E-state index in [1.54, 1.807) is 0 Å². The summed E-state index contributed by atoms with van der Waals surface area (Å²) in [5.41, 5.74) is 1.73. The Kier molecular flexibility index (Phi) is 4.77. The van der Waals surface area contributed by atoms with Gasteiger partial charge in [0.1, 0.15) is 17.4 Å². The van der Waals surface area contributed by atoms with Gasteiger partial charge >= 0.3 is 0 Å². The molecule has 0 unspecified atom stereocenters. The van der Waals surface area contributed by atoms with Gasteiger partial charge in [-0.3, -0.25) is 4.57 Å². The fourth-order valence-electron chi connectivity index (χ4n) is 2.94. The normalized spacial score (nSPS) is 16.1. The number of benzene rings is 1. The zero-order valence-electron chi connectivity index (χ0n) is 13.3. The van der Waals surface area contributed by atoms with E-state index in [9.17, 15) is 0 Å². The van der Waals surface area contributed by atoms with Crippen molar-refractivity contribution in [1.29, 1.82) is 0 Å². The van der Waals surface area contributed by atoms with Crippen LogP contribution < -0.4 is 9.47 Å². The van der Waals surface area contributed by atoms with Gasteiger partial charge in [-0.25, -0.2) is 0 Å². The molecule has 0 N–H and O–H groups in total. The molecule has 1 aliphatic carbocycles. The molecule has 4 nitrogen and oxygen atoms in total. The number of fused-ring (bicyclic) bond motifs is 1. The maximum Gasteiger partial charge on any atom is 0.297 e. The lowest BCUT2D eigenvalue weighted by Gasteiger charge is -2.22. The SMILES string of the molecule is CCCOc1cc(Cl)c2nc(OC3CCCCC3)n(C)c2c1. The molecular weight excluding hydrogens is 300 g/mol. The molecule has 0 radical (unpaired) electrons. The van der Waals surface area contributed by atoms with E-state index in [0.29, 0.717) is 17.6 Å². The molecule has 1 fully saturated rings. The van der Waals surface area contributed by atoms with Crippen molar-refractivity contribution in [3.8, 4) is 11.8 Å². The van der Waals surface area contributed by atoms with Gasteiger partial charge in [0.15, 0.2) is 0 Å². The highest BCUT2D eigenvalue weighted by molar-refractivity contribution is 6.35. The second-order valence-corrected chi connectivity index (χ2v) is 6.36. The fourth-order valence-corrected chi connectivity index (χ4v) is 3.19. The number of halogens is 1. The van der Waals surface area contributed by atoms with Crippen LogP contribution in [-0.4, -0.2) is 22.3 Å². The summed E-state index contributed by atoms with van der Waals surface area (Å²) in [5, 5.41) is 0.609. The molecule has 1 aromatic carbocycles. The molecule has 0 atom stereocenters. The Morgan fingerprint density at radius 2 is 2.05 bits per heavy atom. The molecule has 1 saturated carbocycles. The standard InChI is InChI=1S/C17H23ClN2O2/c1-3-9-21-13-10-14(18)16-15(11-13)20(2)17(19-16)22-12-7-5-4-6-8-12/h10-12H,3-9H2,1-2H3. The van der Waals surface area contributed by atoms with Crippen molar-refractivity contribution in [2.45, 2.75) is 51.6 Å². The molecule has 0 spiro atoms. The van der Waals surface area contributed by atoms with E-state index in [0.717, 1.165) is 36.0 Å². The first-order chi connectivity index (χ1) is 10.7. The van der Waals surface area contributed by atoms with Gasteiger partial charge in [0, 0.05) is 19.2 Å². The van der Waals surface area contributed by atoms with Crippen molar-refractivity contribution < 1.29 is 9.47 Å². The lowest BCUT2D eigenvalue weighted by atomic mass is 9.98. The molecule has 0 amide bonds. The molecular formula is C17H23ClN2O2. The molecule has 120 valence electrons. The minimum atomic E-state index is 0.277. The molecule has 1 heterocycles. The van der Waals surface area contributed by atoms with Gasteiger partial charge in [-0.05, 0) is 32.1 Å². The van der Waals surface area contributed by atoms with Crippen LogP contribution in [-0.2, 0) is 7.05 Å². The molecule has 0 saturated heterocycles. The van der Waals surface area contributed by atoms with Crippen molar-refractivity contribution >= 4 is 22.6 Å². The summed E-state index contributed by atoms with van der Waals surface area (Å²) in [6.45, 7) is 2.77. The van der Waals surface area contributed by atoms with Crippen molar-refractivity contribution in [2.75, 3.05) is 6.61 Å². The highest BCUT2D eigenvalue weighted by Gasteiger charge is 2.19. The quantitative estimate of drug-likeness (QED) is 0.798. The number of nitrogens with zero attached hydrogens (tertiary/aromatic N) is 2. The predicted molar refractivity (Wildman–Crippen MR) is 89.0 cm³/mol. The third-order valence-corrected chi connectivity index (χ3v) is 4.46. The average molecular weight is 323 g/mol. The zero-order valence-corrected chi connectivity index (χ0v) is 14.0. The second-order valence-electron chi connectivity index (χ2n) is 5.95. The lowest BCUT2D eigenvalue weighted by Crippen LogP contribution is -2.21. The molecule has 1 aromatic heterocycles. The predicted octanol–water partition coefficient (Wildman–Crippen LogP) is 4.73. The maximum absolute atomic E-state index is 6.36. The summed E-state index contributed by atoms with van der Waals surface area (Å²) in [7, 11) is 1.97. The maximum atomic E-state index is 6.36. The van der Waals surface area contributed by atoms with Crippen molar-refractivity contribution in [3.05, 3.63) is 17.2 Å². The summed E-state index contributed by atoms with van der Waals surface area (Å²) < 4.78 is 13.8. The molecule has 3 rings (SSSR count). The van der Waals surface area contributed by atoms with Crippen molar-refractivity contribution in [1.82, 2.24) is 9.55 Å². The molecule has 0 bridgehead atoms. The average Bonchev–Trinajstić information content (AvgIpc) is 2.84. The van der Waals surface area contributed by atoms with Crippen LogP contribution in [0.5, 0.6) is 11.8 Å². The van der Waals surface area contributed by atoms with E-state index in [-0.39, 0.29) is 6.10 Å². The van der Waals surface area contributed by atoms with Gasteiger partial charge < -0.3 is 9.47 Å². The van der Waals surface area contributed by atoms with Gasteiger partial charge in [0.25, 0.3) is 6.01 Å². The number of hydrogen-bond acceptors (Lipinski definition) is 3. The topological polar surface area (TPSA) is 36.3 Å². The third kappa shape index (κ3) is 3.17. The fraction of sp³-hybridized carbons (Fsp3) is 0.588. The largest absolute Gasteiger partial charge is 0.493 e. The van der Waals surface area contributed by atoms with Crippen molar-refractivity contribution in [2.24, 2.45) is 7.05 Å². The number of aromatic nitrogens is 2. The molecule has 5 heteroatoms. The minimum Gasteiger partial charge on any atom is -0.493 e. The summed E-state index contributed by atoms with van der Waals surface area (Å²) in [6.07, 6.45) is 7.26. The Hall–Kier alpha value is -1.42. The van der Waals surface area contributed by atoms with Crippen LogP contribution in [0.4, 0.5) is 0 Å². The van der Waals surface area contributed by atoms with E-state index in [1.165, 1.54) is 19.3 Å². The van der Waals surface area contributed by atoms with E-state index in [1.807, 2.05) is 23.7 Å². The summed E-state index contributed by atoms with van der Waals surface area (Å²) in [5.74, 6) is 0.784. The summed E-state index contributed by atoms with van der Waals surface area (Å²) in [4.78, 5) is 4.58. The van der Waals surface area contributed by atoms with Crippen LogP contribution in [0.25, 0.3) is 11.0 Å². The first-order valence-corrected chi connectivity index (χ1v) is 8.52. The first kappa shape index (κ1) is 15.5. The number of ether oxygens (including phenoxy) is 2. The van der Waals surface area contributed by atoms with Crippen LogP contribution >= 0.6 is 11.6 Å². The number of hydrogen-bond donors (Lipinski definition) is 0. The van der Waals surface area contributed by atoms with Gasteiger partial charge in [0.05, 0.1) is 17.1 Å². The number of imidazole rings is 1. The van der Waals surface area contributed by atoms with Crippen LogP contribution in [0.3, 0.4) is 0 Å². The van der Waals surface area contributed by atoms with Crippen LogP contribution in [0.1, 0.15) is 45.4 Å². The van der Waals surface area contributed by atoms with Crippen LogP contribution in [0.2, 0.25) is 5.02 Å². The van der Waals surface area contributed by atoms with Gasteiger partial charge in [-0.1, -0.05) is 24.9 Å². The Labute approximate surface area is 136 Å². The zero-order chi connectivity index (χ0) is 15.5. The Balaban J connectivity index is 1.88. The number of rotatable bonds is 5. The smallest absolute Gasteiger partial charge is 0.297 e. The minimum absolute atomic E-state index is 0.277. The first-order valence-electron chi connectivity index (χ1n) is 8.14. The van der Waals surface area contributed by atoms with Gasteiger partial charge in [0.2, 0.25) is 0 Å². The molecule has 1 aliphatic rings. The summed E-state index contributed by atoms with van der Waals surface area (Å²) in [6, 6.07) is 4.46. The highest BCUT2D eigenvalue weighted by Crippen LogP contribution is 2.32. The Morgan fingerprint density at radius 1 is 1.27 bits per heavy atom. The molecule has 22 heavy (non-hydrogen) atoms. The summed E-state index contributed by atoms with van der Waals surface area (Å²) >= 11 is 6.36.